The average molecular weight is 383 g/mol. The molecule has 1 amide bonds. The van der Waals surface area contributed by atoms with Crippen LogP contribution in [0.5, 0.6) is 0 Å². The molecule has 0 saturated carbocycles. The Labute approximate surface area is 166 Å². The fraction of sp³-hybridized carbons (Fsp3) is 0.435. The molecule has 0 fully saturated rings. The molecule has 0 aliphatic heterocycles. The highest BCUT2D eigenvalue weighted by molar-refractivity contribution is 5.92. The minimum Gasteiger partial charge on any atom is -0.456 e. The number of nitrogens with one attached hydrogen (secondary N) is 1. The van der Waals surface area contributed by atoms with E-state index in [-0.39, 0.29) is 30.6 Å². The van der Waals surface area contributed by atoms with Crippen molar-refractivity contribution in [2.24, 2.45) is 11.3 Å². The minimum absolute atomic E-state index is 0.159. The van der Waals surface area contributed by atoms with Gasteiger partial charge in [0, 0.05) is 5.41 Å². The number of carbonyl (C=O) groups is 3. The molecule has 0 heterocycles. The quantitative estimate of drug-likeness (QED) is 0.740. The molecule has 0 spiro atoms. The monoisotopic (exact) mass is 383 g/mol. The number of ketones is 1. The van der Waals surface area contributed by atoms with Gasteiger partial charge < -0.3 is 10.1 Å². The van der Waals surface area contributed by atoms with Gasteiger partial charge in [-0.2, -0.15) is 0 Å². The van der Waals surface area contributed by atoms with Crippen molar-refractivity contribution in [1.82, 2.24) is 5.32 Å². The molecule has 2 aromatic carbocycles. The van der Waals surface area contributed by atoms with Gasteiger partial charge >= 0.3 is 5.97 Å². The maximum Gasteiger partial charge on any atom is 0.329 e. The Morgan fingerprint density at radius 3 is 2.29 bits per heavy atom. The zero-order valence-electron chi connectivity index (χ0n) is 17.2. The molecule has 0 aromatic heterocycles. The van der Waals surface area contributed by atoms with Crippen molar-refractivity contribution in [2.45, 2.75) is 47.1 Å². The summed E-state index contributed by atoms with van der Waals surface area (Å²) < 4.78 is 5.17. The van der Waals surface area contributed by atoms with E-state index in [0.29, 0.717) is 0 Å². The third-order valence-electron chi connectivity index (χ3n) is 4.65. The summed E-state index contributed by atoms with van der Waals surface area (Å²) in [7, 11) is 0. The summed E-state index contributed by atoms with van der Waals surface area (Å²) in [6, 6.07) is 12.9. The summed E-state index contributed by atoms with van der Waals surface area (Å²) in [4.78, 5) is 37.0. The van der Waals surface area contributed by atoms with Crippen molar-refractivity contribution in [3.8, 4) is 0 Å². The van der Waals surface area contributed by atoms with Gasteiger partial charge in [0.2, 0.25) is 5.91 Å². The second-order valence-electron chi connectivity index (χ2n) is 8.39. The third-order valence-corrected chi connectivity index (χ3v) is 4.65. The van der Waals surface area contributed by atoms with Gasteiger partial charge in [-0.25, -0.2) is 4.79 Å². The number of carbonyl (C=O) groups excluding carboxylic acids is 3. The van der Waals surface area contributed by atoms with Crippen LogP contribution >= 0.6 is 0 Å². The molecule has 0 unspecified atom stereocenters. The molecule has 0 saturated heterocycles. The fourth-order valence-corrected chi connectivity index (χ4v) is 2.78. The van der Waals surface area contributed by atoms with Gasteiger partial charge in [0.1, 0.15) is 6.04 Å². The van der Waals surface area contributed by atoms with Crippen LogP contribution in [0.4, 0.5) is 0 Å². The van der Waals surface area contributed by atoms with E-state index < -0.39 is 17.4 Å². The van der Waals surface area contributed by atoms with Gasteiger partial charge in [-0.15, -0.1) is 0 Å². The molecule has 1 atom stereocenters. The van der Waals surface area contributed by atoms with Gasteiger partial charge in [0.25, 0.3) is 0 Å². The lowest BCUT2D eigenvalue weighted by Crippen LogP contribution is -2.46. The zero-order valence-corrected chi connectivity index (χ0v) is 17.2. The highest BCUT2D eigenvalue weighted by Crippen LogP contribution is 2.19. The Hall–Kier alpha value is -2.69. The molecule has 150 valence electrons. The molecule has 28 heavy (non-hydrogen) atoms. The molecule has 2 aromatic rings. The Morgan fingerprint density at radius 1 is 1.00 bits per heavy atom. The standard InChI is InChI=1S/C23H29NO4/c1-15(2)21(22(27)28-14-19(25)23(3,4)5)24-20(26)13-17-11-8-10-16-9-6-7-12-18(16)17/h6-12,15,21H,13-14H2,1-5H3,(H,24,26)/t21-/m1/s1. The number of hydrogen-bond acceptors (Lipinski definition) is 4. The maximum atomic E-state index is 12.6. The highest BCUT2D eigenvalue weighted by atomic mass is 16.5. The van der Waals surface area contributed by atoms with Crippen molar-refractivity contribution in [3.63, 3.8) is 0 Å². The summed E-state index contributed by atoms with van der Waals surface area (Å²) in [6.07, 6.45) is 0.165. The smallest absolute Gasteiger partial charge is 0.329 e. The molecule has 0 radical (unpaired) electrons. The molecule has 0 aliphatic carbocycles. The molecule has 0 aliphatic rings. The van der Waals surface area contributed by atoms with Crippen LogP contribution in [0.25, 0.3) is 10.8 Å². The van der Waals surface area contributed by atoms with E-state index in [1.54, 1.807) is 20.8 Å². The van der Waals surface area contributed by atoms with Gasteiger partial charge in [0.15, 0.2) is 12.4 Å². The number of benzene rings is 2. The van der Waals surface area contributed by atoms with Crippen LogP contribution in [0, 0.1) is 11.3 Å². The first-order chi connectivity index (χ1) is 13.1. The number of amides is 1. The SMILES string of the molecule is CC(C)[C@@H](NC(=O)Cc1cccc2ccccc12)C(=O)OCC(=O)C(C)(C)C. The molecule has 1 N–H and O–H groups in total. The van der Waals surface area contributed by atoms with Crippen LogP contribution in [-0.2, 0) is 25.5 Å². The van der Waals surface area contributed by atoms with E-state index in [9.17, 15) is 14.4 Å². The second kappa shape index (κ2) is 9.00. The van der Waals surface area contributed by atoms with E-state index in [4.69, 9.17) is 4.74 Å². The predicted octanol–water partition coefficient (Wildman–Crippen LogP) is 3.68. The lowest BCUT2D eigenvalue weighted by Gasteiger charge is -2.22. The van der Waals surface area contributed by atoms with E-state index in [0.717, 1.165) is 16.3 Å². The Balaban J connectivity index is 2.04. The Morgan fingerprint density at radius 2 is 1.64 bits per heavy atom. The normalized spacial score (nSPS) is 12.6. The highest BCUT2D eigenvalue weighted by Gasteiger charge is 2.28. The topological polar surface area (TPSA) is 72.5 Å². The predicted molar refractivity (Wildman–Crippen MR) is 110 cm³/mol. The summed E-state index contributed by atoms with van der Waals surface area (Å²) in [5.74, 6) is -1.16. The first kappa shape index (κ1) is 21.6. The van der Waals surface area contributed by atoms with Crippen LogP contribution < -0.4 is 5.32 Å². The molecular formula is C23H29NO4. The molecule has 2 rings (SSSR count). The average Bonchev–Trinajstić information content (AvgIpc) is 2.63. The van der Waals surface area contributed by atoms with E-state index in [2.05, 4.69) is 5.32 Å². The van der Waals surface area contributed by atoms with Gasteiger partial charge in [0.05, 0.1) is 6.42 Å². The summed E-state index contributed by atoms with van der Waals surface area (Å²) in [5.41, 5.74) is 0.319. The number of rotatable bonds is 7. The van der Waals surface area contributed by atoms with Gasteiger partial charge in [-0.05, 0) is 22.3 Å². The van der Waals surface area contributed by atoms with Gasteiger partial charge in [-0.3, -0.25) is 9.59 Å². The van der Waals surface area contributed by atoms with Crippen LogP contribution in [0.2, 0.25) is 0 Å². The first-order valence-electron chi connectivity index (χ1n) is 9.55. The summed E-state index contributed by atoms with van der Waals surface area (Å²) >= 11 is 0. The van der Waals surface area contributed by atoms with Crippen molar-refractivity contribution >= 4 is 28.4 Å². The van der Waals surface area contributed by atoms with Crippen LogP contribution in [0.15, 0.2) is 42.5 Å². The zero-order chi connectivity index (χ0) is 20.9. The van der Waals surface area contributed by atoms with Crippen molar-refractivity contribution in [3.05, 3.63) is 48.0 Å². The summed E-state index contributed by atoms with van der Waals surface area (Å²) in [6.45, 7) is 8.69. The number of ether oxygens (including phenoxy) is 1. The lowest BCUT2D eigenvalue weighted by molar-refractivity contribution is -0.154. The number of esters is 1. The summed E-state index contributed by atoms with van der Waals surface area (Å²) in [5, 5.41) is 4.84. The van der Waals surface area contributed by atoms with Crippen molar-refractivity contribution in [2.75, 3.05) is 6.61 Å². The molecule has 5 nitrogen and oxygen atoms in total. The van der Waals surface area contributed by atoms with E-state index in [1.807, 2.05) is 56.3 Å². The number of hydrogen-bond donors (Lipinski definition) is 1. The van der Waals surface area contributed by atoms with Crippen LogP contribution in [-0.4, -0.2) is 30.3 Å². The van der Waals surface area contributed by atoms with E-state index >= 15 is 0 Å². The molecule has 0 bridgehead atoms. The molecular weight excluding hydrogens is 354 g/mol. The Bertz CT molecular complexity index is 859. The van der Waals surface area contributed by atoms with Gasteiger partial charge in [-0.1, -0.05) is 77.1 Å². The van der Waals surface area contributed by atoms with Crippen molar-refractivity contribution < 1.29 is 19.1 Å². The first-order valence-corrected chi connectivity index (χ1v) is 9.55. The number of Topliss-reactive ketones (excluding diaryl/α,β-unsaturated/α-hetero) is 1. The Kier molecular flexibility index (Phi) is 6.95. The maximum absolute atomic E-state index is 12.6. The van der Waals surface area contributed by atoms with Crippen LogP contribution in [0.1, 0.15) is 40.2 Å². The fourth-order valence-electron chi connectivity index (χ4n) is 2.78. The van der Waals surface area contributed by atoms with Crippen LogP contribution in [0.3, 0.4) is 0 Å². The lowest BCUT2D eigenvalue weighted by atomic mass is 9.91. The molecule has 5 heteroatoms. The largest absolute Gasteiger partial charge is 0.456 e. The number of fused-ring (bicyclic) bond motifs is 1. The minimum atomic E-state index is -0.796. The second-order valence-corrected chi connectivity index (χ2v) is 8.39. The van der Waals surface area contributed by atoms with Crippen molar-refractivity contribution in [1.29, 1.82) is 0 Å². The van der Waals surface area contributed by atoms with E-state index in [1.165, 1.54) is 0 Å². The third kappa shape index (κ3) is 5.65.